The lowest BCUT2D eigenvalue weighted by Gasteiger charge is -2.27. The lowest BCUT2D eigenvalue weighted by atomic mass is 10.1. The third kappa shape index (κ3) is 3.22. The quantitative estimate of drug-likeness (QED) is 0.719. The van der Waals surface area contributed by atoms with Crippen molar-refractivity contribution in [1.82, 2.24) is 9.97 Å². The van der Waals surface area contributed by atoms with Gasteiger partial charge in [-0.25, -0.2) is 9.97 Å². The maximum absolute atomic E-state index is 6.37. The molecule has 1 saturated heterocycles. The summed E-state index contributed by atoms with van der Waals surface area (Å²) in [4.78, 5) is 9.40. The van der Waals surface area contributed by atoms with Crippen molar-refractivity contribution in [3.8, 4) is 11.3 Å². The van der Waals surface area contributed by atoms with Crippen LogP contribution < -0.4 is 0 Å². The van der Waals surface area contributed by atoms with E-state index >= 15 is 0 Å². The van der Waals surface area contributed by atoms with Crippen LogP contribution in [0.5, 0.6) is 0 Å². The molecule has 0 amide bonds. The van der Waals surface area contributed by atoms with Gasteiger partial charge in [-0.05, 0) is 6.92 Å². The molecule has 1 aliphatic heterocycles. The van der Waals surface area contributed by atoms with E-state index in [-0.39, 0.29) is 0 Å². The lowest BCUT2D eigenvalue weighted by molar-refractivity contribution is 0.822. The molecule has 21 heavy (non-hydrogen) atoms. The van der Waals surface area contributed by atoms with Crippen LogP contribution in [0.1, 0.15) is 23.6 Å². The molecule has 1 aliphatic rings. The Kier molecular flexibility index (Phi) is 4.77. The fourth-order valence-corrected chi connectivity index (χ4v) is 5.29. The fraction of sp³-hybridized carbons (Fsp3) is 0.375. The van der Waals surface area contributed by atoms with Crippen LogP contribution in [0.2, 0.25) is 5.15 Å². The van der Waals surface area contributed by atoms with Gasteiger partial charge in [-0.2, -0.15) is 11.8 Å². The second-order valence-corrected chi connectivity index (χ2v) is 8.17. The normalized spacial score (nSPS) is 22.2. The summed E-state index contributed by atoms with van der Waals surface area (Å²) in [6, 6.07) is 10.2. The first kappa shape index (κ1) is 15.2. The minimum absolute atomic E-state index is 0.323. The number of thioether (sulfide) groups is 2. The predicted molar refractivity (Wildman–Crippen MR) is 94.3 cm³/mol. The van der Waals surface area contributed by atoms with Gasteiger partial charge in [0.15, 0.2) is 0 Å². The second kappa shape index (κ2) is 6.59. The molecule has 1 aromatic carbocycles. The van der Waals surface area contributed by atoms with E-state index in [1.165, 1.54) is 5.75 Å². The highest BCUT2D eigenvalue weighted by molar-refractivity contribution is 8.06. The molecule has 1 fully saturated rings. The van der Waals surface area contributed by atoms with Gasteiger partial charge in [0.05, 0.1) is 10.9 Å². The minimum atomic E-state index is 0.323. The van der Waals surface area contributed by atoms with E-state index in [4.69, 9.17) is 16.6 Å². The molecular weight excluding hydrogens is 320 g/mol. The van der Waals surface area contributed by atoms with Crippen molar-refractivity contribution < 1.29 is 0 Å². The number of halogens is 1. The Morgan fingerprint density at radius 1 is 1.10 bits per heavy atom. The van der Waals surface area contributed by atoms with Crippen LogP contribution >= 0.6 is 35.1 Å². The summed E-state index contributed by atoms with van der Waals surface area (Å²) in [7, 11) is 0. The van der Waals surface area contributed by atoms with E-state index in [0.717, 1.165) is 28.4 Å². The van der Waals surface area contributed by atoms with Crippen molar-refractivity contribution in [1.29, 1.82) is 0 Å². The molecule has 5 heteroatoms. The Labute approximate surface area is 139 Å². The minimum Gasteiger partial charge on any atom is -0.231 e. The molecule has 2 atom stereocenters. The standard InChI is InChI=1S/C16H17ClN2S2/c1-10-13(12-6-4-3-5-7-12)18-16(19-15(10)17)14-11(2)20-8-9-21-14/h3-7,11,14H,8-9H2,1-2H3. The summed E-state index contributed by atoms with van der Waals surface area (Å²) in [6.45, 7) is 4.24. The SMILES string of the molecule is Cc1c(Cl)nc(C2SCCSC2C)nc1-c1ccccc1. The topological polar surface area (TPSA) is 25.8 Å². The Morgan fingerprint density at radius 2 is 1.81 bits per heavy atom. The molecule has 2 heterocycles. The van der Waals surface area contributed by atoms with Gasteiger partial charge in [0.2, 0.25) is 0 Å². The molecule has 0 spiro atoms. The van der Waals surface area contributed by atoms with Gasteiger partial charge in [0.25, 0.3) is 0 Å². The van der Waals surface area contributed by atoms with Crippen molar-refractivity contribution in [2.24, 2.45) is 0 Å². The van der Waals surface area contributed by atoms with Crippen LogP contribution in [0, 0.1) is 6.92 Å². The zero-order valence-electron chi connectivity index (χ0n) is 12.0. The molecule has 0 N–H and O–H groups in total. The zero-order valence-corrected chi connectivity index (χ0v) is 14.4. The van der Waals surface area contributed by atoms with Gasteiger partial charge in [-0.15, -0.1) is 11.8 Å². The summed E-state index contributed by atoms with van der Waals surface area (Å²) in [5.41, 5.74) is 3.00. The van der Waals surface area contributed by atoms with Crippen LogP contribution in [0.15, 0.2) is 30.3 Å². The maximum atomic E-state index is 6.37. The van der Waals surface area contributed by atoms with E-state index in [0.29, 0.717) is 15.7 Å². The Balaban J connectivity index is 2.05. The number of benzene rings is 1. The van der Waals surface area contributed by atoms with E-state index in [9.17, 15) is 0 Å². The van der Waals surface area contributed by atoms with Gasteiger partial charge >= 0.3 is 0 Å². The summed E-state index contributed by atoms with van der Waals surface area (Å²) in [5, 5.41) is 1.41. The van der Waals surface area contributed by atoms with Crippen LogP contribution in [-0.2, 0) is 0 Å². The van der Waals surface area contributed by atoms with Gasteiger partial charge in [-0.3, -0.25) is 0 Å². The van der Waals surface area contributed by atoms with Crippen LogP contribution in [0.3, 0.4) is 0 Å². The van der Waals surface area contributed by atoms with Gasteiger partial charge in [0, 0.05) is 27.9 Å². The van der Waals surface area contributed by atoms with Crippen molar-refractivity contribution in [3.63, 3.8) is 0 Å². The molecule has 0 saturated carbocycles. The summed E-state index contributed by atoms with van der Waals surface area (Å²) >= 11 is 10.3. The molecule has 0 aliphatic carbocycles. The van der Waals surface area contributed by atoms with E-state index in [2.05, 4.69) is 24.0 Å². The highest BCUT2D eigenvalue weighted by atomic mass is 35.5. The maximum Gasteiger partial charge on any atom is 0.144 e. The third-order valence-electron chi connectivity index (χ3n) is 3.59. The molecule has 0 bridgehead atoms. The fourth-order valence-electron chi connectivity index (χ4n) is 2.43. The average Bonchev–Trinajstić information content (AvgIpc) is 2.51. The molecule has 2 aromatic rings. The molecule has 1 aromatic heterocycles. The smallest absolute Gasteiger partial charge is 0.144 e. The highest BCUT2D eigenvalue weighted by Crippen LogP contribution is 2.42. The van der Waals surface area contributed by atoms with Crippen LogP contribution in [0.25, 0.3) is 11.3 Å². The first-order valence-corrected chi connectivity index (χ1v) is 9.47. The van der Waals surface area contributed by atoms with Gasteiger partial charge < -0.3 is 0 Å². The third-order valence-corrected chi connectivity index (χ3v) is 7.05. The number of hydrogen-bond acceptors (Lipinski definition) is 4. The lowest BCUT2D eigenvalue weighted by Crippen LogP contribution is -2.18. The summed E-state index contributed by atoms with van der Waals surface area (Å²) in [6.07, 6.45) is 0. The number of rotatable bonds is 2. The number of nitrogens with zero attached hydrogens (tertiary/aromatic N) is 2. The molecule has 2 unspecified atom stereocenters. The second-order valence-electron chi connectivity index (χ2n) is 5.08. The Bertz CT molecular complexity index is 634. The predicted octanol–water partition coefficient (Wildman–Crippen LogP) is 5.02. The number of hydrogen-bond donors (Lipinski definition) is 0. The molecule has 0 radical (unpaired) electrons. The zero-order chi connectivity index (χ0) is 14.8. The molecule has 2 nitrogen and oxygen atoms in total. The van der Waals surface area contributed by atoms with Crippen molar-refractivity contribution in [2.75, 3.05) is 11.5 Å². The monoisotopic (exact) mass is 336 g/mol. The van der Waals surface area contributed by atoms with Crippen molar-refractivity contribution in [3.05, 3.63) is 46.9 Å². The van der Waals surface area contributed by atoms with Crippen LogP contribution in [-0.4, -0.2) is 26.7 Å². The Hall–Kier alpha value is -0.710. The van der Waals surface area contributed by atoms with Gasteiger partial charge in [0.1, 0.15) is 11.0 Å². The van der Waals surface area contributed by atoms with E-state index in [1.54, 1.807) is 0 Å². The largest absolute Gasteiger partial charge is 0.231 e. The van der Waals surface area contributed by atoms with Crippen LogP contribution in [0.4, 0.5) is 0 Å². The molecular formula is C16H17ClN2S2. The van der Waals surface area contributed by atoms with Crippen molar-refractivity contribution in [2.45, 2.75) is 24.3 Å². The molecule has 110 valence electrons. The summed E-state index contributed by atoms with van der Waals surface area (Å²) < 4.78 is 0. The summed E-state index contributed by atoms with van der Waals surface area (Å²) in [5.74, 6) is 3.22. The first-order chi connectivity index (χ1) is 10.2. The first-order valence-electron chi connectivity index (χ1n) is 6.99. The molecule has 3 rings (SSSR count). The van der Waals surface area contributed by atoms with Gasteiger partial charge in [-0.1, -0.05) is 48.9 Å². The Morgan fingerprint density at radius 3 is 2.52 bits per heavy atom. The van der Waals surface area contributed by atoms with Crippen molar-refractivity contribution >= 4 is 35.1 Å². The van der Waals surface area contributed by atoms with E-state index < -0.39 is 0 Å². The average molecular weight is 337 g/mol. The number of aromatic nitrogens is 2. The van der Waals surface area contributed by atoms with E-state index in [1.807, 2.05) is 48.6 Å². The highest BCUT2D eigenvalue weighted by Gasteiger charge is 2.27.